The molecule has 0 amide bonds. The molecule has 0 radical (unpaired) electrons. The minimum absolute atomic E-state index is 0.254. The molecule has 0 bridgehead atoms. The molecule has 0 aliphatic heterocycles. The van der Waals surface area contributed by atoms with E-state index in [-0.39, 0.29) is 5.69 Å². The van der Waals surface area contributed by atoms with Crippen LogP contribution in [0.15, 0.2) is 28.7 Å². The fourth-order valence-electron chi connectivity index (χ4n) is 1.39. The number of ether oxygens (including phenoxy) is 1. The van der Waals surface area contributed by atoms with Crippen LogP contribution in [0.25, 0.3) is 0 Å². The van der Waals surface area contributed by atoms with E-state index in [0.29, 0.717) is 21.8 Å². The summed E-state index contributed by atoms with van der Waals surface area (Å²) < 4.78 is 4.85. The summed E-state index contributed by atoms with van der Waals surface area (Å²) in [5, 5.41) is 7.16. The summed E-state index contributed by atoms with van der Waals surface area (Å²) in [7, 11) is 0. The second kappa shape index (κ2) is 7.40. The van der Waals surface area contributed by atoms with E-state index in [9.17, 15) is 4.79 Å². The molecule has 0 saturated heterocycles. The Morgan fingerprint density at radius 1 is 1.52 bits per heavy atom. The maximum atomic E-state index is 11.5. The summed E-state index contributed by atoms with van der Waals surface area (Å²) >= 11 is 13.1. The van der Waals surface area contributed by atoms with Crippen LogP contribution in [0.2, 0.25) is 10.0 Å². The lowest BCUT2D eigenvalue weighted by Crippen LogP contribution is -2.04. The lowest BCUT2D eigenvalue weighted by Gasteiger charge is -1.98. The van der Waals surface area contributed by atoms with Crippen LogP contribution in [-0.4, -0.2) is 23.8 Å². The number of nitrogens with one attached hydrogen (secondary N) is 1. The van der Waals surface area contributed by atoms with E-state index >= 15 is 0 Å². The largest absolute Gasteiger partial charge is 0.461 e. The van der Waals surface area contributed by atoms with Gasteiger partial charge in [0.05, 0.1) is 17.8 Å². The van der Waals surface area contributed by atoms with E-state index in [1.165, 1.54) is 11.3 Å². The molecule has 0 saturated carbocycles. The first-order chi connectivity index (χ1) is 10.1. The number of hydrogen-bond acceptors (Lipinski definition) is 6. The van der Waals surface area contributed by atoms with Gasteiger partial charge in [0.2, 0.25) is 5.13 Å². The predicted octanol–water partition coefficient (Wildman–Crippen LogP) is 4.07. The maximum Gasteiger partial charge on any atom is 0.357 e. The molecule has 110 valence electrons. The quantitative estimate of drug-likeness (QED) is 0.504. The Kier molecular flexibility index (Phi) is 5.55. The third-order valence-corrected chi connectivity index (χ3v) is 3.62. The van der Waals surface area contributed by atoms with E-state index in [0.717, 1.165) is 5.56 Å². The first-order valence-electron chi connectivity index (χ1n) is 5.97. The first kappa shape index (κ1) is 15.8. The van der Waals surface area contributed by atoms with Crippen LogP contribution >= 0.6 is 34.5 Å². The van der Waals surface area contributed by atoms with Gasteiger partial charge in [0.25, 0.3) is 0 Å². The number of hydrogen-bond donors (Lipinski definition) is 1. The third-order valence-electron chi connectivity index (χ3n) is 2.32. The average Bonchev–Trinajstić information content (AvgIpc) is 2.90. The topological polar surface area (TPSA) is 63.6 Å². The summed E-state index contributed by atoms with van der Waals surface area (Å²) in [4.78, 5) is 15.5. The molecule has 2 rings (SSSR count). The fraction of sp³-hybridized carbons (Fsp3) is 0.154. The van der Waals surface area contributed by atoms with E-state index in [2.05, 4.69) is 15.5 Å². The van der Waals surface area contributed by atoms with Crippen molar-refractivity contribution in [2.75, 3.05) is 12.0 Å². The smallest absolute Gasteiger partial charge is 0.357 e. The Hall–Kier alpha value is -1.63. The number of nitrogens with zero attached hydrogens (tertiary/aromatic N) is 2. The average molecular weight is 344 g/mol. The molecule has 0 spiro atoms. The van der Waals surface area contributed by atoms with Crippen molar-refractivity contribution in [1.82, 2.24) is 4.98 Å². The van der Waals surface area contributed by atoms with Gasteiger partial charge in [0, 0.05) is 16.0 Å². The van der Waals surface area contributed by atoms with E-state index in [1.54, 1.807) is 36.7 Å². The number of carbonyl (C=O) groups excluding carboxylic acids is 1. The van der Waals surface area contributed by atoms with Crippen LogP contribution in [0.5, 0.6) is 0 Å². The first-order valence-corrected chi connectivity index (χ1v) is 7.60. The summed E-state index contributed by atoms with van der Waals surface area (Å²) in [6.45, 7) is 2.05. The number of aromatic nitrogens is 1. The second-order valence-corrected chi connectivity index (χ2v) is 5.50. The Balaban J connectivity index is 1.99. The molecule has 21 heavy (non-hydrogen) atoms. The van der Waals surface area contributed by atoms with Gasteiger partial charge in [0.1, 0.15) is 0 Å². The number of rotatable bonds is 5. The van der Waals surface area contributed by atoms with Gasteiger partial charge in [-0.05, 0) is 19.1 Å². The highest BCUT2D eigenvalue weighted by molar-refractivity contribution is 7.13. The van der Waals surface area contributed by atoms with Crippen LogP contribution in [0.3, 0.4) is 0 Å². The van der Waals surface area contributed by atoms with E-state index < -0.39 is 5.97 Å². The lowest BCUT2D eigenvalue weighted by atomic mass is 10.2. The van der Waals surface area contributed by atoms with Crippen molar-refractivity contribution in [1.29, 1.82) is 0 Å². The van der Waals surface area contributed by atoms with Gasteiger partial charge in [-0.3, -0.25) is 5.43 Å². The van der Waals surface area contributed by atoms with Gasteiger partial charge in [-0.25, -0.2) is 9.78 Å². The Bertz CT molecular complexity index is 673. The lowest BCUT2D eigenvalue weighted by molar-refractivity contribution is 0.0520. The summed E-state index contributed by atoms with van der Waals surface area (Å²) in [5.41, 5.74) is 3.70. The highest BCUT2D eigenvalue weighted by atomic mass is 35.5. The van der Waals surface area contributed by atoms with Crippen LogP contribution in [0, 0.1) is 0 Å². The van der Waals surface area contributed by atoms with Crippen molar-refractivity contribution in [3.05, 3.63) is 44.9 Å². The van der Waals surface area contributed by atoms with E-state index in [1.807, 2.05) is 0 Å². The summed E-state index contributed by atoms with van der Waals surface area (Å²) in [5.74, 6) is -0.452. The van der Waals surface area contributed by atoms with Crippen LogP contribution in [-0.2, 0) is 4.74 Å². The molecule has 1 heterocycles. The third kappa shape index (κ3) is 4.42. The molecular weight excluding hydrogens is 333 g/mol. The van der Waals surface area contributed by atoms with Crippen molar-refractivity contribution in [2.45, 2.75) is 6.92 Å². The minimum Gasteiger partial charge on any atom is -0.461 e. The Morgan fingerprint density at radius 3 is 3.05 bits per heavy atom. The van der Waals surface area contributed by atoms with Crippen molar-refractivity contribution in [3.8, 4) is 0 Å². The van der Waals surface area contributed by atoms with Gasteiger partial charge in [-0.1, -0.05) is 29.3 Å². The van der Waals surface area contributed by atoms with Crippen molar-refractivity contribution in [3.63, 3.8) is 0 Å². The van der Waals surface area contributed by atoms with Gasteiger partial charge < -0.3 is 4.74 Å². The fourth-order valence-corrected chi connectivity index (χ4v) is 2.47. The molecule has 0 aliphatic rings. The van der Waals surface area contributed by atoms with Crippen LogP contribution in [0.1, 0.15) is 23.0 Å². The number of thiazole rings is 1. The van der Waals surface area contributed by atoms with Crippen LogP contribution in [0.4, 0.5) is 5.13 Å². The number of benzene rings is 1. The highest BCUT2D eigenvalue weighted by Gasteiger charge is 2.10. The Morgan fingerprint density at radius 2 is 2.33 bits per heavy atom. The van der Waals surface area contributed by atoms with E-state index in [4.69, 9.17) is 27.9 Å². The Labute approximate surface area is 135 Å². The highest BCUT2D eigenvalue weighted by Crippen LogP contribution is 2.20. The minimum atomic E-state index is -0.452. The molecular formula is C13H11Cl2N3O2S. The van der Waals surface area contributed by atoms with Gasteiger partial charge in [0.15, 0.2) is 5.69 Å². The SMILES string of the molecule is CCOC(=O)c1csc(N/N=C/c2ccc(Cl)cc2Cl)n1. The molecule has 0 atom stereocenters. The monoisotopic (exact) mass is 343 g/mol. The summed E-state index contributed by atoms with van der Waals surface area (Å²) in [6.07, 6.45) is 1.55. The zero-order valence-electron chi connectivity index (χ0n) is 11.0. The summed E-state index contributed by atoms with van der Waals surface area (Å²) in [6, 6.07) is 5.10. The standard InChI is InChI=1S/C13H11Cl2N3O2S/c1-2-20-12(19)11-7-21-13(17-11)18-16-6-8-3-4-9(14)5-10(8)15/h3-7H,2H2,1H3,(H,17,18)/b16-6+. The number of anilines is 1. The molecule has 0 aliphatic carbocycles. The number of carbonyl (C=O) groups is 1. The molecule has 1 aromatic heterocycles. The van der Waals surface area contributed by atoms with Crippen molar-refractivity contribution in [2.24, 2.45) is 5.10 Å². The number of esters is 1. The number of hydrazone groups is 1. The molecule has 5 nitrogen and oxygen atoms in total. The van der Waals surface area contributed by atoms with Crippen molar-refractivity contribution < 1.29 is 9.53 Å². The molecule has 0 fully saturated rings. The normalized spacial score (nSPS) is 10.8. The van der Waals surface area contributed by atoms with Gasteiger partial charge in [-0.15, -0.1) is 11.3 Å². The molecule has 2 aromatic rings. The number of halogens is 2. The molecule has 1 aromatic carbocycles. The predicted molar refractivity (Wildman–Crippen MR) is 85.7 cm³/mol. The molecule has 1 N–H and O–H groups in total. The zero-order valence-corrected chi connectivity index (χ0v) is 13.3. The van der Waals surface area contributed by atoms with Crippen molar-refractivity contribution >= 4 is 51.9 Å². The molecule has 8 heteroatoms. The van der Waals surface area contributed by atoms with Gasteiger partial charge in [-0.2, -0.15) is 5.10 Å². The molecule has 0 unspecified atom stereocenters. The second-order valence-electron chi connectivity index (χ2n) is 3.79. The maximum absolute atomic E-state index is 11.5. The van der Waals surface area contributed by atoms with Gasteiger partial charge >= 0.3 is 5.97 Å². The zero-order chi connectivity index (χ0) is 15.2. The van der Waals surface area contributed by atoms with Crippen LogP contribution < -0.4 is 5.43 Å².